The highest BCUT2D eigenvalue weighted by Gasteiger charge is 2.40. The summed E-state index contributed by atoms with van der Waals surface area (Å²) in [6.45, 7) is 0. The zero-order valence-electron chi connectivity index (χ0n) is 32.1. The van der Waals surface area contributed by atoms with Gasteiger partial charge in [-0.1, -0.05) is 164 Å². The lowest BCUT2D eigenvalue weighted by molar-refractivity contribution is 0.672. The number of aryl methyl sites for hydroxylation is 1. The smallest absolute Gasteiger partial charge is 0.0972 e. The van der Waals surface area contributed by atoms with Crippen molar-refractivity contribution >= 4 is 71.7 Å². The van der Waals surface area contributed by atoms with Crippen molar-refractivity contribution in [2.45, 2.75) is 42.8 Å². The van der Waals surface area contributed by atoms with Crippen LogP contribution in [0.2, 0.25) is 0 Å². The Bertz CT molecular complexity index is 3160. The van der Waals surface area contributed by atoms with E-state index < -0.39 is 0 Å². The van der Waals surface area contributed by atoms with Crippen molar-refractivity contribution in [3.63, 3.8) is 0 Å². The van der Waals surface area contributed by atoms with E-state index in [1.54, 1.807) is 11.1 Å². The predicted octanol–water partition coefficient (Wildman–Crippen LogP) is 14.7. The molecule has 0 N–H and O–H groups in total. The molecule has 2 nitrogen and oxygen atoms in total. The van der Waals surface area contributed by atoms with Gasteiger partial charge in [-0.05, 0) is 97.5 Å². The first-order valence-electron chi connectivity index (χ1n) is 20.7. The third-order valence-electron chi connectivity index (χ3n) is 13.0. The van der Waals surface area contributed by atoms with Crippen molar-refractivity contribution in [2.24, 2.45) is 0 Å². The molecule has 3 heterocycles. The normalized spacial score (nSPS) is 18.7. The van der Waals surface area contributed by atoms with Gasteiger partial charge in [0.2, 0.25) is 0 Å². The first kappa shape index (κ1) is 33.8. The Kier molecular flexibility index (Phi) is 7.97. The highest BCUT2D eigenvalue weighted by Crippen LogP contribution is 2.64. The first-order valence-corrected chi connectivity index (χ1v) is 21.6. The summed E-state index contributed by atoms with van der Waals surface area (Å²) in [5, 5.41) is 7.71. The van der Waals surface area contributed by atoms with Gasteiger partial charge in [-0.15, -0.1) is 11.8 Å². The summed E-state index contributed by atoms with van der Waals surface area (Å²) in [6, 6.07) is 58.7. The van der Waals surface area contributed by atoms with Gasteiger partial charge in [0.15, 0.2) is 0 Å². The minimum Gasteiger partial charge on any atom is -0.254 e. The van der Waals surface area contributed by atoms with Gasteiger partial charge in [-0.3, -0.25) is 4.98 Å². The molecule has 0 amide bonds. The number of fused-ring (bicyclic) bond motifs is 4. The number of pyridine rings is 2. The number of thioether (sulfide) groups is 1. The lowest BCUT2D eigenvalue weighted by atomic mass is 9.78. The molecule has 3 unspecified atom stereocenters. The van der Waals surface area contributed by atoms with E-state index in [0.29, 0.717) is 5.92 Å². The number of hydrogen-bond donors (Lipinski definition) is 0. The van der Waals surface area contributed by atoms with E-state index in [-0.39, 0.29) is 11.2 Å². The van der Waals surface area contributed by atoms with Gasteiger partial charge < -0.3 is 0 Å². The molecular weight excluding hydrogens is 721 g/mol. The van der Waals surface area contributed by atoms with E-state index in [0.717, 1.165) is 33.1 Å². The molecule has 58 heavy (non-hydrogen) atoms. The largest absolute Gasteiger partial charge is 0.254 e. The molecule has 0 saturated heterocycles. The molecule has 0 spiro atoms. The molecule has 3 atom stereocenters. The lowest BCUT2D eigenvalue weighted by Crippen LogP contribution is -2.07. The first-order chi connectivity index (χ1) is 28.8. The second-order valence-corrected chi connectivity index (χ2v) is 17.3. The molecule has 0 fully saturated rings. The van der Waals surface area contributed by atoms with Crippen LogP contribution in [0.15, 0.2) is 170 Å². The fourth-order valence-corrected chi connectivity index (χ4v) is 12.1. The Balaban J connectivity index is 1.07. The maximum Gasteiger partial charge on any atom is 0.0972 e. The van der Waals surface area contributed by atoms with E-state index in [4.69, 9.17) is 9.97 Å². The second-order valence-electron chi connectivity index (χ2n) is 16.2. The Labute approximate surface area is 343 Å². The van der Waals surface area contributed by atoms with Crippen LogP contribution in [0.3, 0.4) is 0 Å². The van der Waals surface area contributed by atoms with Crippen LogP contribution in [0, 0.1) is 0 Å². The lowest BCUT2D eigenvalue weighted by Gasteiger charge is -2.25. The third-order valence-corrected chi connectivity index (χ3v) is 14.5. The minimum absolute atomic E-state index is 0.130. The van der Waals surface area contributed by atoms with Crippen LogP contribution in [0.5, 0.6) is 0 Å². The average molecular weight is 761 g/mol. The molecule has 7 aromatic carbocycles. The van der Waals surface area contributed by atoms with Gasteiger partial charge in [0.25, 0.3) is 0 Å². The maximum atomic E-state index is 5.32. The molecule has 1 aliphatic heterocycles. The Morgan fingerprint density at radius 2 is 1.36 bits per heavy atom. The fraction of sp³-hybridized carbons (Fsp3) is 0.127. The summed E-state index contributed by atoms with van der Waals surface area (Å²) >= 11 is 2.06. The summed E-state index contributed by atoms with van der Waals surface area (Å²) in [5.41, 5.74) is 15.3. The maximum absolute atomic E-state index is 5.32. The Morgan fingerprint density at radius 3 is 2.24 bits per heavy atom. The number of nitrogens with zero attached hydrogens (tertiary/aromatic N) is 2. The average Bonchev–Trinajstić information content (AvgIpc) is 3.55. The molecule has 0 radical (unpaired) electrons. The van der Waals surface area contributed by atoms with Crippen LogP contribution >= 0.6 is 11.8 Å². The standard InChI is InChI=1S/C55H40N2S/c1-3-12-34(13-4-1)50-51(35-14-5-2-6-15-35)55(46-29-26-38-22-21-36-16-7-8-17-37-25-28-44(46)49(38)48(36)37)58-54(50)45-31-30-43(41-19-9-10-20-42(41)45)47-32-27-40-24-23-39-18-11-33-56-52(39)53(40)57-47/h1-6,9-15,18-33,36,50,54H,7-8,16-17H2. The van der Waals surface area contributed by atoms with Gasteiger partial charge in [0.1, 0.15) is 0 Å². The zero-order valence-corrected chi connectivity index (χ0v) is 32.9. The number of hydrogen-bond acceptors (Lipinski definition) is 3. The van der Waals surface area contributed by atoms with Crippen molar-refractivity contribution in [1.82, 2.24) is 9.97 Å². The fourth-order valence-electron chi connectivity index (χ4n) is 10.4. The Hall–Kier alpha value is -6.29. The molecule has 2 aliphatic carbocycles. The molecule has 9 aromatic rings. The highest BCUT2D eigenvalue weighted by atomic mass is 32.2. The molecule has 12 rings (SSSR count). The summed E-state index contributed by atoms with van der Waals surface area (Å²) < 4.78 is 0. The van der Waals surface area contributed by atoms with Gasteiger partial charge in [0.05, 0.1) is 16.7 Å². The van der Waals surface area contributed by atoms with E-state index in [9.17, 15) is 0 Å². The summed E-state index contributed by atoms with van der Waals surface area (Å²) in [5.74, 6) is 0.634. The monoisotopic (exact) mass is 760 g/mol. The van der Waals surface area contributed by atoms with Crippen molar-refractivity contribution in [2.75, 3.05) is 0 Å². The quantitative estimate of drug-likeness (QED) is 0.163. The van der Waals surface area contributed by atoms with Crippen LogP contribution in [0.1, 0.15) is 75.3 Å². The van der Waals surface area contributed by atoms with Crippen molar-refractivity contribution < 1.29 is 0 Å². The number of aromatic nitrogens is 2. The van der Waals surface area contributed by atoms with Gasteiger partial charge >= 0.3 is 0 Å². The summed E-state index contributed by atoms with van der Waals surface area (Å²) in [4.78, 5) is 11.5. The van der Waals surface area contributed by atoms with Gasteiger partial charge in [0, 0.05) is 44.5 Å². The van der Waals surface area contributed by atoms with Crippen molar-refractivity contribution in [3.8, 4) is 11.3 Å². The van der Waals surface area contributed by atoms with Gasteiger partial charge in [-0.25, -0.2) is 4.98 Å². The number of benzene rings is 7. The van der Waals surface area contributed by atoms with E-state index in [1.807, 2.05) is 12.3 Å². The topological polar surface area (TPSA) is 25.8 Å². The Morgan fingerprint density at radius 1 is 0.586 bits per heavy atom. The number of allylic oxidation sites excluding steroid dienone is 2. The summed E-state index contributed by atoms with van der Waals surface area (Å²) in [7, 11) is 0. The van der Waals surface area contributed by atoms with E-state index >= 15 is 0 Å². The molecule has 0 bridgehead atoms. The predicted molar refractivity (Wildman–Crippen MR) is 246 cm³/mol. The van der Waals surface area contributed by atoms with Crippen LogP contribution in [0.4, 0.5) is 0 Å². The van der Waals surface area contributed by atoms with Crippen LogP contribution < -0.4 is 0 Å². The van der Waals surface area contributed by atoms with Crippen LogP contribution in [-0.2, 0) is 6.42 Å². The van der Waals surface area contributed by atoms with E-state index in [1.165, 1.54) is 85.5 Å². The van der Waals surface area contributed by atoms with Crippen LogP contribution in [-0.4, -0.2) is 9.97 Å². The molecule has 0 saturated carbocycles. The van der Waals surface area contributed by atoms with E-state index in [2.05, 4.69) is 176 Å². The van der Waals surface area contributed by atoms with Crippen LogP contribution in [0.25, 0.3) is 71.2 Å². The second kappa shape index (κ2) is 13.7. The molecule has 276 valence electrons. The highest BCUT2D eigenvalue weighted by molar-refractivity contribution is 8.09. The van der Waals surface area contributed by atoms with Crippen molar-refractivity contribution in [1.29, 1.82) is 0 Å². The van der Waals surface area contributed by atoms with Gasteiger partial charge in [-0.2, -0.15) is 0 Å². The molecule has 2 aromatic heterocycles. The third kappa shape index (κ3) is 5.33. The number of rotatable bonds is 5. The molecular formula is C55H40N2S. The summed E-state index contributed by atoms with van der Waals surface area (Å²) in [6.07, 6.45) is 11.7. The SMILES string of the molecule is C1=CC2CCCCc3ccc4c(C5=C(c6ccccc6)C(c6ccccc6)C(c6ccc(-c7ccc8ccc9cccnc9c8n7)c7ccccc67)S5)ccc1c4c32. The van der Waals surface area contributed by atoms with Crippen molar-refractivity contribution in [3.05, 3.63) is 209 Å². The molecule has 3 heteroatoms. The minimum atomic E-state index is 0.130. The zero-order chi connectivity index (χ0) is 38.2. The molecule has 3 aliphatic rings.